The van der Waals surface area contributed by atoms with Crippen LogP contribution in [0.2, 0.25) is 0 Å². The molecule has 0 amide bonds. The van der Waals surface area contributed by atoms with Crippen LogP contribution in [0.15, 0.2) is 352 Å². The van der Waals surface area contributed by atoms with Gasteiger partial charge in [0.2, 0.25) is 0 Å². The third kappa shape index (κ3) is 17.7. The zero-order valence-electron chi connectivity index (χ0n) is 98.3. The van der Waals surface area contributed by atoms with Crippen molar-refractivity contribution in [1.29, 1.82) is 0 Å². The fourth-order valence-electron chi connectivity index (χ4n) is 24.0. The number of hydrogen-bond acceptors (Lipinski definition) is 0. The number of aryl methyl sites for hydroxylation is 5. The van der Waals surface area contributed by atoms with Crippen LogP contribution >= 0.6 is 0 Å². The van der Waals surface area contributed by atoms with E-state index in [1.54, 1.807) is 4.57 Å². The third-order valence-electron chi connectivity index (χ3n) is 31.1. The van der Waals surface area contributed by atoms with Gasteiger partial charge in [0.1, 0.15) is 29.1 Å². The molecule has 0 spiro atoms. The Hall–Kier alpha value is -15.3. The molecule has 10 heteroatoms. The zero-order valence-corrected chi connectivity index (χ0v) is 92.3. The van der Waals surface area contributed by atoms with Crippen LogP contribution in [0.4, 0.5) is 0 Å². The van der Waals surface area contributed by atoms with Crippen LogP contribution in [0.3, 0.4) is 0 Å². The molecule has 0 saturated carbocycles. The standard InChI is InChI=1S/2C30H32N2.C28H28N2.C27H28N2.C25H30N2/c2*1-19(2)23-14-10-15-26-25-13-7-8-16-27(25)32(29(23)26)30-24(20(3)4)17-18-31(30)28-21(5)11-9-12-22(28)6;1-19(2)22-14-10-15-25-24-13-8-9-16-26(24)30(27(22)25)28-23(20(3)4)17-18-29(28)21-11-6-5-7-12-21;1-17(2)19-13-10-14-21-20-11-6-9-16-24(20)29(26(19)21)27-25(18(3)4)22-12-7-8-15-23(22)28(27)5;1-16(2)19-11-9-12-22-21-10-7-8-13-23(21)27(24(19)22)25-20(17(3)4)14-15-26(25)18(5)6/h2*7-20H,1-6H3;5-20H,1-4H3;6-18H,1-5H3;7-18H,1-6H3/i5D3,6D3;;;;. The molecule has 0 unspecified atom stereocenters. The minimum Gasteiger partial charge on any atom is -0.331 e. The fraction of sp³-hybridized carbons (Fsp3) is 0.271. The Morgan fingerprint density at radius 3 is 0.740 bits per heavy atom. The monoisotopic (exact) mass is 1980 g/mol. The van der Waals surface area contributed by atoms with Crippen molar-refractivity contribution in [2.45, 2.75) is 245 Å². The van der Waals surface area contributed by atoms with Crippen LogP contribution in [0, 0.1) is 27.6 Å². The summed E-state index contributed by atoms with van der Waals surface area (Å²) in [6, 6.07) is 117. The highest BCUT2D eigenvalue weighted by molar-refractivity contribution is 6.15. The number of rotatable bonds is 19. The smallest absolute Gasteiger partial charge is 0.125 e. The highest BCUT2D eigenvalue weighted by atomic mass is 15.2. The van der Waals surface area contributed by atoms with Gasteiger partial charge < -0.3 is 22.8 Å². The molecule has 10 nitrogen and oxygen atoms in total. The van der Waals surface area contributed by atoms with Crippen LogP contribution in [0.25, 0.3) is 166 Å². The Morgan fingerprint density at radius 1 is 0.193 bits per heavy atom. The van der Waals surface area contributed by atoms with Crippen LogP contribution in [-0.2, 0) is 7.05 Å². The Morgan fingerprint density at radius 2 is 0.433 bits per heavy atom. The number of para-hydroxylation sites is 14. The molecule has 0 fully saturated rings. The molecule has 24 aromatic rings. The van der Waals surface area contributed by atoms with Gasteiger partial charge in [-0.1, -0.05) is 393 Å². The summed E-state index contributed by atoms with van der Waals surface area (Å²) in [5, 5.41) is 14.2. The van der Waals surface area contributed by atoms with E-state index in [1.165, 1.54) is 212 Å². The lowest BCUT2D eigenvalue weighted by atomic mass is 9.99. The van der Waals surface area contributed by atoms with E-state index in [0.29, 0.717) is 53.4 Å². The largest absolute Gasteiger partial charge is 0.331 e. The summed E-state index contributed by atoms with van der Waals surface area (Å²) in [4.78, 5) is 0. The average Bonchev–Trinajstić information content (AvgIpc) is 1.60. The first-order chi connectivity index (χ1) is 74.7. The van der Waals surface area contributed by atoms with Crippen LogP contribution in [-0.4, -0.2) is 45.7 Å². The highest BCUT2D eigenvalue weighted by Gasteiger charge is 2.32. The van der Waals surface area contributed by atoms with Crippen molar-refractivity contribution in [3.05, 3.63) is 430 Å². The van der Waals surface area contributed by atoms with Crippen molar-refractivity contribution in [2.24, 2.45) is 7.05 Å². The lowest BCUT2D eigenvalue weighted by Gasteiger charge is -2.21. The van der Waals surface area contributed by atoms with Gasteiger partial charge >= 0.3 is 0 Å². The van der Waals surface area contributed by atoms with Crippen molar-refractivity contribution >= 4 is 120 Å². The topological polar surface area (TPSA) is 49.3 Å². The Balaban J connectivity index is 0.000000117. The number of nitrogens with zero attached hydrogens (tertiary/aromatic N) is 10. The predicted molar refractivity (Wildman–Crippen MR) is 647 cm³/mol. The summed E-state index contributed by atoms with van der Waals surface area (Å²) in [7, 11) is 2.21. The molecular weight excluding hydrogens is 1820 g/mol. The Kier molecular flexibility index (Phi) is 26.3. The lowest BCUT2D eigenvalue weighted by Crippen LogP contribution is -2.10. The number of aromatic nitrogens is 10. The Bertz CT molecular complexity index is 9320. The molecule has 760 valence electrons. The maximum atomic E-state index is 8.28. The Labute approximate surface area is 896 Å². The summed E-state index contributed by atoms with van der Waals surface area (Å²) >= 11 is 0. The van der Waals surface area contributed by atoms with Gasteiger partial charge in [0.25, 0.3) is 0 Å². The van der Waals surface area contributed by atoms with Gasteiger partial charge in [-0.25, -0.2) is 0 Å². The third-order valence-corrected chi connectivity index (χ3v) is 31.1. The van der Waals surface area contributed by atoms with Gasteiger partial charge in [0.05, 0.1) is 66.5 Å². The van der Waals surface area contributed by atoms with Crippen molar-refractivity contribution in [3.63, 3.8) is 0 Å². The zero-order chi connectivity index (χ0) is 111. The summed E-state index contributed by atoms with van der Waals surface area (Å²) in [6.07, 6.45) is 8.56. The maximum absolute atomic E-state index is 8.28. The number of fused-ring (bicyclic) bond motifs is 16. The molecule has 0 bridgehead atoms. The summed E-state index contributed by atoms with van der Waals surface area (Å²) < 4.78 is 73.3. The second kappa shape index (κ2) is 41.7. The van der Waals surface area contributed by atoms with Crippen molar-refractivity contribution < 1.29 is 8.22 Å². The first kappa shape index (κ1) is 94.4. The molecule has 150 heavy (non-hydrogen) atoms. The quantitative estimate of drug-likeness (QED) is 0.0775. The number of hydrogen-bond donors (Lipinski definition) is 0. The second-order valence-electron chi connectivity index (χ2n) is 44.6. The van der Waals surface area contributed by atoms with E-state index < -0.39 is 13.7 Å². The molecule has 24 rings (SSSR count). The van der Waals surface area contributed by atoms with Crippen molar-refractivity contribution in [3.8, 4) is 46.2 Å². The summed E-state index contributed by atoms with van der Waals surface area (Å²) in [5.41, 5.74) is 32.4. The molecule has 14 aromatic carbocycles. The molecule has 10 heterocycles. The van der Waals surface area contributed by atoms with Crippen molar-refractivity contribution in [2.75, 3.05) is 0 Å². The normalized spacial score (nSPS) is 12.9. The SMILES string of the molecule is CC(C)c1c(-n2c3ccccc3c3cccc(C(C)C)c32)n(C)c2ccccc12.CC(C)c1ccn(-c2ccccc2)c1-n1c2ccccc2c2cccc(C(C)C)c21.CC(C)c1ccn(C(C)C)c1-n1c2ccccc2c2cccc(C(C)C)c21.Cc1cccc(C)c1-n1ccc(C(C)C)c1-n1c2ccccc2c2cccc(C(C)C)c21.[2H]C([2H])([2H])c1cccc(C([2H])([2H])[2H])c1-n1ccc(C(C)C)c1-n1c2ccccc2c2cccc(C(C)C)c21. The van der Waals surface area contributed by atoms with E-state index in [1.807, 2.05) is 24.4 Å². The first-order valence-electron chi connectivity index (χ1n) is 57.5. The van der Waals surface area contributed by atoms with E-state index in [9.17, 15) is 0 Å². The van der Waals surface area contributed by atoms with Crippen LogP contribution < -0.4 is 0 Å². The predicted octanol–water partition coefficient (Wildman–Crippen LogP) is 39.6. The second-order valence-corrected chi connectivity index (χ2v) is 44.6. The van der Waals surface area contributed by atoms with Gasteiger partial charge in [0.15, 0.2) is 0 Å². The van der Waals surface area contributed by atoms with Gasteiger partial charge in [0, 0.05) is 122 Å². The number of benzene rings is 14. The average molecular weight is 1980 g/mol. The molecule has 0 N–H and O–H groups in total. The highest BCUT2D eigenvalue weighted by Crippen LogP contribution is 2.49. The molecule has 10 aromatic heterocycles. The molecule has 0 aliphatic rings. The summed E-state index contributed by atoms with van der Waals surface area (Å²) in [6.45, 7) is 49.2. The van der Waals surface area contributed by atoms with Crippen LogP contribution in [0.5, 0.6) is 0 Å². The lowest BCUT2D eigenvalue weighted by molar-refractivity contribution is 0.590. The van der Waals surface area contributed by atoms with E-state index in [0.717, 1.165) is 33.2 Å². The minimum absolute atomic E-state index is 0.0168. The van der Waals surface area contributed by atoms with Gasteiger partial charge in [-0.15, -0.1) is 0 Å². The van der Waals surface area contributed by atoms with E-state index in [4.69, 9.17) is 8.22 Å². The molecular formula is C140H150N10. The molecule has 0 aliphatic heterocycles. The van der Waals surface area contributed by atoms with Crippen LogP contribution in [0.1, 0.15) is 304 Å². The fourth-order valence-corrected chi connectivity index (χ4v) is 24.0. The van der Waals surface area contributed by atoms with Crippen molar-refractivity contribution in [1.82, 2.24) is 45.7 Å². The van der Waals surface area contributed by atoms with E-state index in [-0.39, 0.29) is 28.7 Å². The first-order valence-corrected chi connectivity index (χ1v) is 54.5. The maximum Gasteiger partial charge on any atom is 0.125 e. The molecule has 0 radical (unpaired) electrons. The van der Waals surface area contributed by atoms with E-state index in [2.05, 4.69) is 524 Å². The van der Waals surface area contributed by atoms with Gasteiger partial charge in [-0.2, -0.15) is 0 Å². The summed E-state index contributed by atoms with van der Waals surface area (Å²) in [5.74, 6) is 9.78. The van der Waals surface area contributed by atoms with Gasteiger partial charge in [-0.3, -0.25) is 22.8 Å². The van der Waals surface area contributed by atoms with E-state index >= 15 is 0 Å². The van der Waals surface area contributed by atoms with Gasteiger partial charge in [-0.05, 0) is 246 Å². The molecule has 0 saturated heterocycles. The molecule has 0 atom stereocenters. The minimum atomic E-state index is -2.50. The molecule has 0 aliphatic carbocycles.